The molecule has 0 aromatic heterocycles. The number of ether oxygens (including phenoxy) is 4. The van der Waals surface area contributed by atoms with Crippen LogP contribution in [0.4, 0.5) is 0 Å². The molecule has 0 rings (SSSR count). The van der Waals surface area contributed by atoms with Crippen LogP contribution in [-0.2, 0) is 40.9 Å². The van der Waals surface area contributed by atoms with Gasteiger partial charge in [0, 0.05) is 0 Å². The molecular weight excluding hydrogens is 480 g/mol. The van der Waals surface area contributed by atoms with Gasteiger partial charge in [0.2, 0.25) is 0 Å². The van der Waals surface area contributed by atoms with Crippen molar-refractivity contribution in [3.8, 4) is 0 Å². The number of aliphatic hydroxyl groups excluding tert-OH is 8. The summed E-state index contributed by atoms with van der Waals surface area (Å²) in [5, 5.41) is 64.7. The zero-order chi connectivity index (χ0) is 25.7. The molecule has 0 spiro atoms. The van der Waals surface area contributed by atoms with Crippen molar-refractivity contribution in [3.63, 3.8) is 0 Å². The zero-order valence-electron chi connectivity index (χ0n) is 18.3. The SMILES string of the molecule is OCCOCCO.OCCOCCO.OCCOCCO.OCCOCCO.[O]=[Ti]([OH])[OH]. The Morgan fingerprint density at radius 2 is 0.469 bits per heavy atom. The van der Waals surface area contributed by atoms with E-state index in [2.05, 4.69) is 18.9 Å². The van der Waals surface area contributed by atoms with Gasteiger partial charge in [0.15, 0.2) is 0 Å². The molecule has 0 amide bonds. The summed E-state index contributed by atoms with van der Waals surface area (Å²) in [6, 6.07) is 0. The summed E-state index contributed by atoms with van der Waals surface area (Å²) in [5.41, 5.74) is 0. The standard InChI is InChI=1S/4C4H10O3.2H2O.O.Ti/c4*5-1-3-7-4-2-6;;;;/h4*5-6H,1-4H2;2*1H2;;/q;;;;;;;+2/p-2. The van der Waals surface area contributed by atoms with E-state index in [1.54, 1.807) is 0 Å². The molecule has 0 saturated heterocycles. The topological polar surface area (TPSA) is 256 Å². The first-order valence-electron chi connectivity index (χ1n) is 9.49. The van der Waals surface area contributed by atoms with E-state index in [9.17, 15) is 0 Å². The van der Waals surface area contributed by atoms with Gasteiger partial charge in [-0.05, 0) is 0 Å². The second-order valence-electron chi connectivity index (χ2n) is 4.52. The van der Waals surface area contributed by atoms with Crippen molar-refractivity contribution in [3.05, 3.63) is 0 Å². The molecule has 0 aliphatic heterocycles. The van der Waals surface area contributed by atoms with Gasteiger partial charge in [-0.3, -0.25) is 0 Å². The van der Waals surface area contributed by atoms with Gasteiger partial charge in [-0.15, -0.1) is 0 Å². The van der Waals surface area contributed by atoms with Crippen LogP contribution in [0.5, 0.6) is 0 Å². The van der Waals surface area contributed by atoms with Gasteiger partial charge in [0.25, 0.3) is 0 Å². The summed E-state index contributed by atoms with van der Waals surface area (Å²) in [5.74, 6) is 0. The van der Waals surface area contributed by atoms with E-state index in [4.69, 9.17) is 51.6 Å². The monoisotopic (exact) mass is 522 g/mol. The minimum atomic E-state index is -3.58. The molecule has 0 aliphatic rings. The van der Waals surface area contributed by atoms with Crippen LogP contribution in [0.1, 0.15) is 0 Å². The molecule has 0 atom stereocenters. The molecule has 15 nitrogen and oxygen atoms in total. The zero-order valence-corrected chi connectivity index (χ0v) is 19.9. The molecule has 0 bridgehead atoms. The Labute approximate surface area is 195 Å². The maximum absolute atomic E-state index is 8.81. The number of aliphatic hydroxyl groups is 8. The first-order chi connectivity index (χ1) is 15.4. The molecule has 32 heavy (non-hydrogen) atoms. The van der Waals surface area contributed by atoms with Crippen LogP contribution in [0.3, 0.4) is 0 Å². The Kier molecular flexibility index (Phi) is 69.4. The molecule has 0 fully saturated rings. The summed E-state index contributed by atoms with van der Waals surface area (Å²) in [7, 11) is 0. The Hall–Kier alpha value is -0.0457. The second-order valence-corrected chi connectivity index (χ2v) is 5.40. The van der Waals surface area contributed by atoms with E-state index in [1.165, 1.54) is 0 Å². The van der Waals surface area contributed by atoms with Crippen molar-refractivity contribution < 1.29 is 89.1 Å². The van der Waals surface area contributed by atoms with Crippen molar-refractivity contribution >= 4 is 0 Å². The van der Waals surface area contributed by atoms with Crippen LogP contribution in [0.15, 0.2) is 0 Å². The quantitative estimate of drug-likeness (QED) is 0.0671. The third-order valence-corrected chi connectivity index (χ3v) is 1.88. The molecule has 0 unspecified atom stereocenters. The summed E-state index contributed by atoms with van der Waals surface area (Å²) >= 11 is -3.58. The van der Waals surface area contributed by atoms with Crippen molar-refractivity contribution in [2.24, 2.45) is 0 Å². The normalized spacial score (nSPS) is 9.06. The molecule has 10 N–H and O–H groups in total. The minimum absolute atomic E-state index is 0.0278. The fraction of sp³-hybridized carbons (Fsp3) is 1.00. The van der Waals surface area contributed by atoms with Crippen LogP contribution >= 0.6 is 0 Å². The summed E-state index contributed by atoms with van der Waals surface area (Å²) in [6.07, 6.45) is 0. The Balaban J connectivity index is -0.0000000960. The molecule has 0 saturated carbocycles. The van der Waals surface area contributed by atoms with Crippen LogP contribution in [0, 0.1) is 0 Å². The number of hydrogen-bond donors (Lipinski definition) is 10. The van der Waals surface area contributed by atoms with E-state index in [1.807, 2.05) is 0 Å². The van der Waals surface area contributed by atoms with Crippen molar-refractivity contribution in [2.75, 3.05) is 106 Å². The Morgan fingerprint density at radius 1 is 0.375 bits per heavy atom. The van der Waals surface area contributed by atoms with Crippen LogP contribution in [0.25, 0.3) is 0 Å². The number of rotatable bonds is 16. The van der Waals surface area contributed by atoms with Crippen molar-refractivity contribution in [1.82, 2.24) is 0 Å². The van der Waals surface area contributed by atoms with Gasteiger partial charge < -0.3 is 59.8 Å². The van der Waals surface area contributed by atoms with Gasteiger partial charge in [-0.2, -0.15) is 0 Å². The fourth-order valence-electron chi connectivity index (χ4n) is 0.925. The van der Waals surface area contributed by atoms with Gasteiger partial charge in [-0.1, -0.05) is 0 Å². The first-order valence-corrected chi connectivity index (χ1v) is 11.5. The molecule has 0 aromatic carbocycles. The van der Waals surface area contributed by atoms with Gasteiger partial charge in [0.05, 0.1) is 106 Å². The average molecular weight is 522 g/mol. The van der Waals surface area contributed by atoms with Crippen molar-refractivity contribution in [1.29, 1.82) is 0 Å². The van der Waals surface area contributed by atoms with E-state index in [-0.39, 0.29) is 52.9 Å². The van der Waals surface area contributed by atoms with Crippen LogP contribution in [-0.4, -0.2) is 154 Å². The molecular formula is C16H42O15Ti. The summed E-state index contributed by atoms with van der Waals surface area (Å²) in [4.78, 5) is 0. The second kappa shape index (κ2) is 52.7. The Bertz CT molecular complexity index is 218. The van der Waals surface area contributed by atoms with Crippen molar-refractivity contribution in [2.45, 2.75) is 0 Å². The fourth-order valence-corrected chi connectivity index (χ4v) is 0.925. The first kappa shape index (κ1) is 42.1. The summed E-state index contributed by atoms with van der Waals surface area (Å²) in [6.45, 7) is 2.78. The predicted octanol–water partition coefficient (Wildman–Crippen LogP) is -5.28. The Morgan fingerprint density at radius 3 is 0.531 bits per heavy atom. The summed E-state index contributed by atoms with van der Waals surface area (Å²) < 4.78 is 41.8. The van der Waals surface area contributed by atoms with Crippen LogP contribution < -0.4 is 0 Å². The third-order valence-electron chi connectivity index (χ3n) is 1.88. The van der Waals surface area contributed by atoms with E-state index < -0.39 is 18.6 Å². The van der Waals surface area contributed by atoms with Gasteiger partial charge in [-0.25, -0.2) is 0 Å². The molecule has 200 valence electrons. The molecule has 0 aliphatic carbocycles. The molecule has 0 radical (unpaired) electrons. The molecule has 0 heterocycles. The predicted molar refractivity (Wildman–Crippen MR) is 105 cm³/mol. The van der Waals surface area contributed by atoms with Crippen LogP contribution in [0.2, 0.25) is 0 Å². The number of hydrogen-bond acceptors (Lipinski definition) is 13. The molecule has 0 aromatic rings. The average Bonchev–Trinajstić information content (AvgIpc) is 2.76. The van der Waals surface area contributed by atoms with E-state index >= 15 is 0 Å². The molecule has 16 heteroatoms. The van der Waals surface area contributed by atoms with Gasteiger partial charge >= 0.3 is 29.3 Å². The maximum atomic E-state index is 8.81. The van der Waals surface area contributed by atoms with E-state index in [0.29, 0.717) is 52.9 Å². The third kappa shape index (κ3) is 98.7. The van der Waals surface area contributed by atoms with E-state index in [0.717, 1.165) is 0 Å². The van der Waals surface area contributed by atoms with Gasteiger partial charge in [0.1, 0.15) is 0 Å².